The predicted molar refractivity (Wildman–Crippen MR) is 63.7 cm³/mol. The molecule has 0 heterocycles. The molecule has 0 radical (unpaired) electrons. The van der Waals surface area contributed by atoms with Crippen molar-refractivity contribution >= 4 is 18.1 Å². The van der Waals surface area contributed by atoms with Crippen molar-refractivity contribution in [2.75, 3.05) is 6.61 Å². The lowest BCUT2D eigenvalue weighted by atomic mass is 10.0. The molecule has 0 bridgehead atoms. The van der Waals surface area contributed by atoms with Gasteiger partial charge < -0.3 is 10.8 Å². The fourth-order valence-corrected chi connectivity index (χ4v) is 1.36. The van der Waals surface area contributed by atoms with E-state index in [0.717, 1.165) is 0 Å². The number of aliphatic hydroxyl groups excluding tert-OH is 1. The summed E-state index contributed by atoms with van der Waals surface area (Å²) in [5, 5.41) is 19.4. The number of halogens is 1. The largest absolute Gasteiger partial charge is 0.396 e. The molecule has 5 nitrogen and oxygen atoms in total. The molecule has 0 aliphatic heterocycles. The molecular weight excluding hydrogens is 232 g/mol. The van der Waals surface area contributed by atoms with E-state index in [1.54, 1.807) is 19.1 Å². The van der Waals surface area contributed by atoms with E-state index < -0.39 is 4.92 Å². The number of nitro groups is 1. The van der Waals surface area contributed by atoms with Crippen LogP contribution in [0.15, 0.2) is 18.2 Å². The molecule has 0 spiro atoms. The molecule has 1 atom stereocenters. The number of hydrogen-bond acceptors (Lipinski definition) is 4. The van der Waals surface area contributed by atoms with Gasteiger partial charge >= 0.3 is 0 Å². The minimum absolute atomic E-state index is 0. The van der Waals surface area contributed by atoms with E-state index in [1.807, 2.05) is 0 Å². The van der Waals surface area contributed by atoms with Crippen LogP contribution in [0.1, 0.15) is 23.6 Å². The molecule has 1 aromatic rings. The highest BCUT2D eigenvalue weighted by Crippen LogP contribution is 2.23. The van der Waals surface area contributed by atoms with E-state index in [9.17, 15) is 10.1 Å². The van der Waals surface area contributed by atoms with Crippen LogP contribution in [0.5, 0.6) is 0 Å². The number of aliphatic hydroxyl groups is 1. The van der Waals surface area contributed by atoms with Crippen LogP contribution in [0.3, 0.4) is 0 Å². The average molecular weight is 247 g/mol. The Morgan fingerprint density at radius 1 is 1.56 bits per heavy atom. The van der Waals surface area contributed by atoms with Crippen molar-refractivity contribution in [1.82, 2.24) is 0 Å². The fourth-order valence-electron chi connectivity index (χ4n) is 1.36. The molecular formula is C10H15ClN2O3. The number of aryl methyl sites for hydroxylation is 1. The number of nitrogens with zero attached hydrogens (tertiary/aromatic N) is 1. The smallest absolute Gasteiger partial charge is 0.272 e. The van der Waals surface area contributed by atoms with E-state index >= 15 is 0 Å². The van der Waals surface area contributed by atoms with Crippen LogP contribution in [0.4, 0.5) is 5.69 Å². The van der Waals surface area contributed by atoms with Crippen LogP contribution in [-0.2, 0) is 0 Å². The monoisotopic (exact) mass is 246 g/mol. The molecule has 0 saturated carbocycles. The Kier molecular flexibility index (Phi) is 5.95. The van der Waals surface area contributed by atoms with Crippen molar-refractivity contribution in [2.24, 2.45) is 5.73 Å². The van der Waals surface area contributed by atoms with Gasteiger partial charge in [0.25, 0.3) is 5.69 Å². The second kappa shape index (κ2) is 6.42. The van der Waals surface area contributed by atoms with Gasteiger partial charge in [0.1, 0.15) is 0 Å². The van der Waals surface area contributed by atoms with Crippen LogP contribution in [0.2, 0.25) is 0 Å². The van der Waals surface area contributed by atoms with Gasteiger partial charge in [-0.2, -0.15) is 0 Å². The highest BCUT2D eigenvalue weighted by atomic mass is 35.5. The molecule has 1 rings (SSSR count). The second-order valence-electron chi connectivity index (χ2n) is 3.42. The second-order valence-corrected chi connectivity index (χ2v) is 3.42. The number of nitrogens with two attached hydrogens (primary N) is 1. The summed E-state index contributed by atoms with van der Waals surface area (Å²) in [6.07, 6.45) is 0.403. The SMILES string of the molecule is Cc1ccc(C(N)CCO)cc1[N+](=O)[O-].Cl. The number of rotatable bonds is 4. The molecule has 90 valence electrons. The molecule has 0 aliphatic carbocycles. The quantitative estimate of drug-likeness (QED) is 0.625. The van der Waals surface area contributed by atoms with Crippen LogP contribution >= 0.6 is 12.4 Å². The first kappa shape index (κ1) is 14.8. The summed E-state index contributed by atoms with van der Waals surface area (Å²) in [7, 11) is 0. The standard InChI is InChI=1S/C10H14N2O3.ClH/c1-7-2-3-8(9(11)4-5-13)6-10(7)12(14)15;/h2-3,6,9,13H,4-5,11H2,1H3;1H. The third-order valence-corrected chi connectivity index (χ3v) is 2.30. The maximum absolute atomic E-state index is 10.7. The third-order valence-electron chi connectivity index (χ3n) is 2.30. The Morgan fingerprint density at radius 3 is 2.69 bits per heavy atom. The van der Waals surface area contributed by atoms with E-state index in [4.69, 9.17) is 10.8 Å². The fraction of sp³-hybridized carbons (Fsp3) is 0.400. The number of hydrogen-bond donors (Lipinski definition) is 2. The van der Waals surface area contributed by atoms with Gasteiger partial charge in [-0.25, -0.2) is 0 Å². The lowest BCUT2D eigenvalue weighted by Crippen LogP contribution is -2.12. The van der Waals surface area contributed by atoms with E-state index in [1.165, 1.54) is 6.07 Å². The van der Waals surface area contributed by atoms with Gasteiger partial charge in [0.15, 0.2) is 0 Å². The predicted octanol–water partition coefficient (Wildman–Crippen LogP) is 1.71. The van der Waals surface area contributed by atoms with E-state index in [2.05, 4.69) is 0 Å². The van der Waals surface area contributed by atoms with Gasteiger partial charge in [-0.3, -0.25) is 10.1 Å². The Hall–Kier alpha value is -1.17. The zero-order valence-electron chi connectivity index (χ0n) is 8.92. The maximum atomic E-state index is 10.7. The van der Waals surface area contributed by atoms with Gasteiger partial charge in [-0.15, -0.1) is 12.4 Å². The van der Waals surface area contributed by atoms with Crippen LogP contribution < -0.4 is 5.73 Å². The van der Waals surface area contributed by atoms with E-state index in [-0.39, 0.29) is 30.7 Å². The maximum Gasteiger partial charge on any atom is 0.272 e. The summed E-state index contributed by atoms with van der Waals surface area (Å²) in [5.74, 6) is 0. The molecule has 0 aliphatic rings. The zero-order valence-corrected chi connectivity index (χ0v) is 9.74. The number of benzene rings is 1. The van der Waals surface area contributed by atoms with Gasteiger partial charge in [0, 0.05) is 24.3 Å². The van der Waals surface area contributed by atoms with Gasteiger partial charge in [0.05, 0.1) is 4.92 Å². The van der Waals surface area contributed by atoms with Gasteiger partial charge in [-0.05, 0) is 18.9 Å². The molecule has 6 heteroatoms. The Labute approximate surface area is 99.8 Å². The Morgan fingerprint density at radius 2 is 2.19 bits per heavy atom. The summed E-state index contributed by atoms with van der Waals surface area (Å²) in [6.45, 7) is 1.66. The highest BCUT2D eigenvalue weighted by Gasteiger charge is 2.14. The van der Waals surface area contributed by atoms with Gasteiger partial charge in [-0.1, -0.05) is 12.1 Å². The molecule has 0 aromatic heterocycles. The molecule has 1 aromatic carbocycles. The Balaban J connectivity index is 0.00000225. The van der Waals surface area contributed by atoms with Crippen molar-refractivity contribution < 1.29 is 10.0 Å². The molecule has 16 heavy (non-hydrogen) atoms. The van der Waals surface area contributed by atoms with Crippen LogP contribution in [-0.4, -0.2) is 16.6 Å². The minimum atomic E-state index is -0.426. The summed E-state index contributed by atoms with van der Waals surface area (Å²) in [5.41, 5.74) is 7.11. The number of nitro benzene ring substituents is 1. The molecule has 0 saturated heterocycles. The molecule has 3 N–H and O–H groups in total. The molecule has 0 amide bonds. The topological polar surface area (TPSA) is 89.4 Å². The van der Waals surface area contributed by atoms with Crippen molar-refractivity contribution in [1.29, 1.82) is 0 Å². The first-order valence-corrected chi connectivity index (χ1v) is 4.67. The summed E-state index contributed by atoms with van der Waals surface area (Å²) in [6, 6.07) is 4.54. The van der Waals surface area contributed by atoms with Gasteiger partial charge in [0.2, 0.25) is 0 Å². The lowest BCUT2D eigenvalue weighted by molar-refractivity contribution is -0.385. The highest BCUT2D eigenvalue weighted by molar-refractivity contribution is 5.85. The van der Waals surface area contributed by atoms with Crippen molar-refractivity contribution in [3.05, 3.63) is 39.4 Å². The van der Waals surface area contributed by atoms with Crippen LogP contribution in [0.25, 0.3) is 0 Å². The average Bonchev–Trinajstić information content (AvgIpc) is 2.18. The van der Waals surface area contributed by atoms with Crippen molar-refractivity contribution in [3.8, 4) is 0 Å². The van der Waals surface area contributed by atoms with Crippen molar-refractivity contribution in [3.63, 3.8) is 0 Å². The third kappa shape index (κ3) is 3.44. The normalized spacial score (nSPS) is 11.7. The van der Waals surface area contributed by atoms with Crippen LogP contribution in [0, 0.1) is 17.0 Å². The van der Waals surface area contributed by atoms with E-state index in [0.29, 0.717) is 17.5 Å². The first-order valence-electron chi connectivity index (χ1n) is 4.67. The summed E-state index contributed by atoms with van der Waals surface area (Å²) >= 11 is 0. The zero-order chi connectivity index (χ0) is 11.4. The lowest BCUT2D eigenvalue weighted by Gasteiger charge is -2.10. The molecule has 1 unspecified atom stereocenters. The van der Waals surface area contributed by atoms with Crippen molar-refractivity contribution in [2.45, 2.75) is 19.4 Å². The Bertz CT molecular complexity index is 371. The summed E-state index contributed by atoms with van der Waals surface area (Å²) < 4.78 is 0. The minimum Gasteiger partial charge on any atom is -0.396 e. The summed E-state index contributed by atoms with van der Waals surface area (Å²) in [4.78, 5) is 10.2. The molecule has 0 fully saturated rings. The first-order chi connectivity index (χ1) is 7.06.